The van der Waals surface area contributed by atoms with Gasteiger partial charge in [-0.3, -0.25) is 4.79 Å². The van der Waals surface area contributed by atoms with Crippen molar-refractivity contribution in [3.63, 3.8) is 0 Å². The molecule has 0 unspecified atom stereocenters. The molecule has 1 amide bonds. The molecule has 1 aliphatic rings. The molecule has 1 fully saturated rings. The molecule has 3 rings (SSSR count). The predicted molar refractivity (Wildman–Crippen MR) is 78.4 cm³/mol. The van der Waals surface area contributed by atoms with Crippen LogP contribution in [0.25, 0.3) is 10.9 Å². The van der Waals surface area contributed by atoms with E-state index >= 15 is 0 Å². The van der Waals surface area contributed by atoms with Crippen LogP contribution < -0.4 is 0 Å². The van der Waals surface area contributed by atoms with E-state index in [1.54, 1.807) is 16.7 Å². The number of nitrogens with zero attached hydrogens (tertiary/aromatic N) is 2. The van der Waals surface area contributed by atoms with Crippen LogP contribution in [0.5, 0.6) is 0 Å². The van der Waals surface area contributed by atoms with Crippen LogP contribution in [0.1, 0.15) is 12.0 Å². The summed E-state index contributed by atoms with van der Waals surface area (Å²) >= 11 is 1.59. The van der Waals surface area contributed by atoms with E-state index in [0.717, 1.165) is 23.5 Å². The van der Waals surface area contributed by atoms with Crippen LogP contribution >= 0.6 is 11.8 Å². The molecular formula is C15H16N2OS. The van der Waals surface area contributed by atoms with E-state index in [9.17, 15) is 4.79 Å². The van der Waals surface area contributed by atoms with Gasteiger partial charge in [0.25, 0.3) is 0 Å². The van der Waals surface area contributed by atoms with Gasteiger partial charge in [-0.1, -0.05) is 30.0 Å². The van der Waals surface area contributed by atoms with Gasteiger partial charge in [0, 0.05) is 19.0 Å². The van der Waals surface area contributed by atoms with Crippen LogP contribution in [0, 0.1) is 6.92 Å². The van der Waals surface area contributed by atoms with Crippen molar-refractivity contribution in [3.05, 3.63) is 35.9 Å². The molecule has 1 aliphatic heterocycles. The van der Waals surface area contributed by atoms with Crippen molar-refractivity contribution >= 4 is 28.6 Å². The highest BCUT2D eigenvalue weighted by atomic mass is 32.2. The Bertz CT molecular complexity index is 641. The number of hydrogen-bond donors (Lipinski definition) is 0. The zero-order valence-electron chi connectivity index (χ0n) is 11.1. The highest BCUT2D eigenvalue weighted by molar-refractivity contribution is 8.00. The summed E-state index contributed by atoms with van der Waals surface area (Å²) in [5, 5.41) is 2.16. The van der Waals surface area contributed by atoms with Gasteiger partial charge in [-0.15, -0.1) is 0 Å². The first-order valence-electron chi connectivity index (χ1n) is 6.43. The van der Waals surface area contributed by atoms with Crippen molar-refractivity contribution in [2.24, 2.45) is 0 Å². The van der Waals surface area contributed by atoms with Gasteiger partial charge in [0.1, 0.15) is 0 Å². The highest BCUT2D eigenvalue weighted by Crippen LogP contribution is 2.31. The summed E-state index contributed by atoms with van der Waals surface area (Å²) in [6.45, 7) is 2.94. The molecule has 0 spiro atoms. The molecule has 1 aromatic heterocycles. The zero-order valence-corrected chi connectivity index (χ0v) is 11.9. The lowest BCUT2D eigenvalue weighted by Crippen LogP contribution is -2.23. The Morgan fingerprint density at radius 3 is 2.89 bits per heavy atom. The van der Waals surface area contributed by atoms with E-state index in [0.29, 0.717) is 0 Å². The molecule has 19 heavy (non-hydrogen) atoms. The number of pyridine rings is 1. The molecule has 3 nitrogen and oxygen atoms in total. The molecular weight excluding hydrogens is 256 g/mol. The standard InChI is InChI=1S/C15H16N2OS/c1-10-9-14(16-12-6-4-3-5-11(10)12)19-13-7-8-17(2)15(13)18/h3-6,9,13H,7-8H2,1-2H3/t13-/m1/s1. The second kappa shape index (κ2) is 4.85. The Morgan fingerprint density at radius 2 is 2.16 bits per heavy atom. The molecule has 0 aliphatic carbocycles. The van der Waals surface area contributed by atoms with Crippen LogP contribution in [0.4, 0.5) is 0 Å². The summed E-state index contributed by atoms with van der Waals surface area (Å²) < 4.78 is 0. The van der Waals surface area contributed by atoms with E-state index < -0.39 is 0 Å². The highest BCUT2D eigenvalue weighted by Gasteiger charge is 2.30. The van der Waals surface area contributed by atoms with Crippen molar-refractivity contribution in [1.29, 1.82) is 0 Å². The number of carbonyl (C=O) groups is 1. The molecule has 1 atom stereocenters. The normalized spacial score (nSPS) is 19.4. The molecule has 0 bridgehead atoms. The van der Waals surface area contributed by atoms with Crippen molar-refractivity contribution in [1.82, 2.24) is 9.88 Å². The minimum atomic E-state index is 0.0260. The Labute approximate surface area is 117 Å². The maximum Gasteiger partial charge on any atom is 0.235 e. The van der Waals surface area contributed by atoms with Gasteiger partial charge >= 0.3 is 0 Å². The first kappa shape index (κ1) is 12.5. The van der Waals surface area contributed by atoms with Gasteiger partial charge in [-0.25, -0.2) is 4.98 Å². The lowest BCUT2D eigenvalue weighted by molar-refractivity contribution is -0.126. The third-order valence-electron chi connectivity index (χ3n) is 3.54. The number of likely N-dealkylation sites (tertiary alicyclic amines) is 1. The van der Waals surface area contributed by atoms with Crippen LogP contribution in [0.3, 0.4) is 0 Å². The Hall–Kier alpha value is -1.55. The molecule has 0 N–H and O–H groups in total. The zero-order chi connectivity index (χ0) is 13.4. The topological polar surface area (TPSA) is 33.2 Å². The largest absolute Gasteiger partial charge is 0.345 e. The fourth-order valence-electron chi connectivity index (χ4n) is 2.42. The summed E-state index contributed by atoms with van der Waals surface area (Å²) in [5.41, 5.74) is 2.22. The van der Waals surface area contributed by atoms with Gasteiger partial charge in [-0.2, -0.15) is 0 Å². The van der Waals surface area contributed by atoms with Crippen LogP contribution in [-0.4, -0.2) is 34.6 Å². The van der Waals surface area contributed by atoms with E-state index in [4.69, 9.17) is 0 Å². The molecule has 1 saturated heterocycles. The lowest BCUT2D eigenvalue weighted by atomic mass is 10.1. The third-order valence-corrected chi connectivity index (χ3v) is 4.71. The quantitative estimate of drug-likeness (QED) is 0.843. The minimum Gasteiger partial charge on any atom is -0.345 e. The fourth-order valence-corrected chi connectivity index (χ4v) is 3.62. The molecule has 2 heterocycles. The average Bonchev–Trinajstić information content (AvgIpc) is 2.71. The van der Waals surface area contributed by atoms with Crippen LogP contribution in [-0.2, 0) is 4.79 Å². The van der Waals surface area contributed by atoms with Gasteiger partial charge in [0.15, 0.2) is 0 Å². The number of hydrogen-bond acceptors (Lipinski definition) is 3. The average molecular weight is 272 g/mol. The number of thioether (sulfide) groups is 1. The Morgan fingerprint density at radius 1 is 1.37 bits per heavy atom. The van der Waals surface area contributed by atoms with Gasteiger partial charge < -0.3 is 4.90 Å². The van der Waals surface area contributed by atoms with Gasteiger partial charge in [0.05, 0.1) is 15.8 Å². The van der Waals surface area contributed by atoms with Crippen LogP contribution in [0.2, 0.25) is 0 Å². The molecule has 0 radical (unpaired) electrons. The minimum absolute atomic E-state index is 0.0260. The Balaban J connectivity index is 1.91. The third kappa shape index (κ3) is 2.32. The monoisotopic (exact) mass is 272 g/mol. The SMILES string of the molecule is Cc1cc(S[C@@H]2CCN(C)C2=O)nc2ccccc12. The number of aromatic nitrogens is 1. The lowest BCUT2D eigenvalue weighted by Gasteiger charge is -2.11. The van der Waals surface area contributed by atoms with E-state index in [1.165, 1.54) is 10.9 Å². The number of fused-ring (bicyclic) bond motifs is 1. The number of aryl methyl sites for hydroxylation is 1. The second-order valence-corrected chi connectivity index (χ2v) is 6.17. The second-order valence-electron chi connectivity index (χ2n) is 4.95. The molecule has 2 aromatic rings. The maximum absolute atomic E-state index is 11.9. The predicted octanol–water partition coefficient (Wildman–Crippen LogP) is 2.87. The van der Waals surface area contributed by atoms with Gasteiger partial charge in [0.2, 0.25) is 5.91 Å². The number of rotatable bonds is 2. The molecule has 4 heteroatoms. The smallest absolute Gasteiger partial charge is 0.235 e. The van der Waals surface area contributed by atoms with Crippen molar-refractivity contribution in [2.45, 2.75) is 23.6 Å². The van der Waals surface area contributed by atoms with Crippen molar-refractivity contribution in [2.75, 3.05) is 13.6 Å². The van der Waals surface area contributed by atoms with Gasteiger partial charge in [-0.05, 0) is 31.0 Å². The summed E-state index contributed by atoms with van der Waals surface area (Å²) in [6, 6.07) is 10.2. The summed E-state index contributed by atoms with van der Waals surface area (Å²) in [6.07, 6.45) is 0.910. The van der Waals surface area contributed by atoms with Crippen molar-refractivity contribution < 1.29 is 4.79 Å². The molecule has 1 aromatic carbocycles. The van der Waals surface area contributed by atoms with E-state index in [2.05, 4.69) is 24.0 Å². The first-order chi connectivity index (χ1) is 9.15. The van der Waals surface area contributed by atoms with E-state index in [-0.39, 0.29) is 11.2 Å². The summed E-state index contributed by atoms with van der Waals surface area (Å²) in [4.78, 5) is 18.4. The summed E-state index contributed by atoms with van der Waals surface area (Å²) in [5.74, 6) is 0.220. The van der Waals surface area contributed by atoms with E-state index in [1.807, 2.05) is 25.2 Å². The fraction of sp³-hybridized carbons (Fsp3) is 0.333. The first-order valence-corrected chi connectivity index (χ1v) is 7.31. The number of para-hydroxylation sites is 1. The number of carbonyl (C=O) groups excluding carboxylic acids is 1. The molecule has 98 valence electrons. The van der Waals surface area contributed by atoms with Crippen LogP contribution in [0.15, 0.2) is 35.4 Å². The molecule has 0 saturated carbocycles. The number of amides is 1. The Kier molecular flexibility index (Phi) is 3.19. The van der Waals surface area contributed by atoms with Crippen molar-refractivity contribution in [3.8, 4) is 0 Å². The maximum atomic E-state index is 11.9. The number of benzene rings is 1. The summed E-state index contributed by atoms with van der Waals surface area (Å²) in [7, 11) is 1.86.